The number of carbonyl (C=O) groups excluding carboxylic acids is 1. The van der Waals surface area contributed by atoms with Crippen molar-refractivity contribution in [3.8, 4) is 17.0 Å². The van der Waals surface area contributed by atoms with Crippen molar-refractivity contribution in [2.45, 2.75) is 38.1 Å². The molecule has 1 aromatic heterocycles. The first-order chi connectivity index (χ1) is 18.0. The minimum absolute atomic E-state index is 0.102. The van der Waals surface area contributed by atoms with Gasteiger partial charge in [0.15, 0.2) is 0 Å². The Morgan fingerprint density at radius 2 is 1.84 bits per heavy atom. The van der Waals surface area contributed by atoms with Crippen LogP contribution < -0.4 is 10.1 Å². The van der Waals surface area contributed by atoms with Crippen LogP contribution in [0.25, 0.3) is 22.3 Å². The molecular formula is C29H26FN3O4. The number of carboxylic acid groups (broad SMARTS) is 1. The number of halogens is 1. The summed E-state index contributed by atoms with van der Waals surface area (Å²) in [6.45, 7) is 0.431. The summed E-state index contributed by atoms with van der Waals surface area (Å²) in [6, 6.07) is 18.9. The number of amides is 1. The number of fused-ring (bicyclic) bond motifs is 2. The van der Waals surface area contributed by atoms with E-state index in [9.17, 15) is 14.0 Å². The Hall–Kier alpha value is -4.33. The van der Waals surface area contributed by atoms with Crippen molar-refractivity contribution in [3.05, 3.63) is 89.4 Å². The second-order valence-corrected chi connectivity index (χ2v) is 9.03. The zero-order valence-corrected chi connectivity index (χ0v) is 20.1. The van der Waals surface area contributed by atoms with Crippen molar-refractivity contribution in [1.29, 1.82) is 0 Å². The minimum atomic E-state index is -0.821. The number of aliphatic carboxylic acids is 1. The molecule has 1 amide bonds. The normalized spacial score (nSPS) is 14.6. The highest BCUT2D eigenvalue weighted by Crippen LogP contribution is 2.33. The van der Waals surface area contributed by atoms with E-state index in [4.69, 9.17) is 19.8 Å². The number of nitrogens with one attached hydrogen (secondary N) is 1. The van der Waals surface area contributed by atoms with E-state index in [1.807, 2.05) is 30.3 Å². The molecule has 0 aliphatic carbocycles. The molecule has 7 nitrogen and oxygen atoms in total. The summed E-state index contributed by atoms with van der Waals surface area (Å²) in [7, 11) is 0. The zero-order valence-electron chi connectivity index (χ0n) is 20.1. The molecule has 8 heteroatoms. The number of unbranched alkanes of at least 4 members (excludes halogenated alkanes) is 1. The molecule has 1 aliphatic rings. The van der Waals surface area contributed by atoms with Crippen LogP contribution in [0.3, 0.4) is 0 Å². The number of ether oxygens (including phenoxy) is 1. The fourth-order valence-corrected chi connectivity index (χ4v) is 4.56. The number of carboxylic acids is 1. The van der Waals surface area contributed by atoms with E-state index >= 15 is 0 Å². The predicted molar refractivity (Wildman–Crippen MR) is 137 cm³/mol. The fraction of sp³-hybridized carbons (Fsp3) is 0.241. The van der Waals surface area contributed by atoms with Crippen LogP contribution in [0, 0.1) is 5.82 Å². The van der Waals surface area contributed by atoms with Gasteiger partial charge in [-0.15, -0.1) is 0 Å². The molecule has 0 saturated carbocycles. The topological polar surface area (TPSA) is 101 Å². The largest absolute Gasteiger partial charge is 0.493 e. The first-order valence-corrected chi connectivity index (χ1v) is 12.3. The summed E-state index contributed by atoms with van der Waals surface area (Å²) in [6.07, 6.45) is 2.41. The lowest BCUT2D eigenvalue weighted by Crippen LogP contribution is -2.32. The Labute approximate surface area is 213 Å². The molecule has 2 N–H and O–H groups in total. The number of aromatic nitrogens is 2. The number of nitrogens with zero attached hydrogens (tertiary/aromatic N) is 2. The average Bonchev–Trinajstić information content (AvgIpc) is 2.91. The fourth-order valence-electron chi connectivity index (χ4n) is 4.56. The Kier molecular flexibility index (Phi) is 7.07. The molecule has 188 valence electrons. The maximum Gasteiger partial charge on any atom is 0.303 e. The minimum Gasteiger partial charge on any atom is -0.493 e. The number of rotatable bonds is 8. The molecule has 5 rings (SSSR count). The van der Waals surface area contributed by atoms with Gasteiger partial charge < -0.3 is 15.2 Å². The second-order valence-electron chi connectivity index (χ2n) is 9.03. The third-order valence-electron chi connectivity index (χ3n) is 6.42. The zero-order chi connectivity index (χ0) is 25.8. The lowest BCUT2D eigenvalue weighted by molar-refractivity contribution is -0.137. The van der Waals surface area contributed by atoms with Gasteiger partial charge in [-0.2, -0.15) is 0 Å². The predicted octanol–water partition coefficient (Wildman–Crippen LogP) is 5.49. The lowest BCUT2D eigenvalue weighted by atomic mass is 9.99. The average molecular weight is 500 g/mol. The standard InChI is InChI=1S/C29H26FN3O4/c30-20-11-13-26-21(17-20)22(14-15-37-26)33-29(36)19-10-12-23-25(16-19)31-24(8-4-5-9-27(34)35)28(32-23)18-6-2-1-3-7-18/h1-3,6-7,10-13,16-17,22H,4-5,8-9,14-15H2,(H,33,36)(H,34,35)/t22-/m1/s1. The number of hydrogen-bond acceptors (Lipinski definition) is 5. The van der Waals surface area contributed by atoms with E-state index in [0.29, 0.717) is 60.2 Å². The summed E-state index contributed by atoms with van der Waals surface area (Å²) in [5.41, 5.74) is 4.73. The molecular weight excluding hydrogens is 473 g/mol. The molecule has 0 spiro atoms. The van der Waals surface area contributed by atoms with Gasteiger partial charge in [-0.25, -0.2) is 14.4 Å². The van der Waals surface area contributed by atoms with Crippen molar-refractivity contribution >= 4 is 22.9 Å². The van der Waals surface area contributed by atoms with Gasteiger partial charge >= 0.3 is 5.97 Å². The number of carbonyl (C=O) groups is 2. The van der Waals surface area contributed by atoms with E-state index in [1.54, 1.807) is 24.3 Å². The molecule has 2 heterocycles. The number of hydrogen-bond donors (Lipinski definition) is 2. The third-order valence-corrected chi connectivity index (χ3v) is 6.42. The molecule has 1 aliphatic heterocycles. The molecule has 0 unspecified atom stereocenters. The maximum atomic E-state index is 13.8. The Morgan fingerprint density at radius 1 is 1.00 bits per heavy atom. The summed E-state index contributed by atoms with van der Waals surface area (Å²) in [4.78, 5) is 33.8. The van der Waals surface area contributed by atoms with Gasteiger partial charge in [0.1, 0.15) is 11.6 Å². The van der Waals surface area contributed by atoms with Gasteiger partial charge in [0.05, 0.1) is 35.1 Å². The van der Waals surface area contributed by atoms with E-state index in [2.05, 4.69) is 5.32 Å². The first-order valence-electron chi connectivity index (χ1n) is 12.3. The van der Waals surface area contributed by atoms with E-state index in [1.165, 1.54) is 12.1 Å². The highest BCUT2D eigenvalue weighted by atomic mass is 19.1. The monoisotopic (exact) mass is 499 g/mol. The van der Waals surface area contributed by atoms with Crippen molar-refractivity contribution < 1.29 is 23.8 Å². The van der Waals surface area contributed by atoms with E-state index < -0.39 is 5.97 Å². The maximum absolute atomic E-state index is 13.8. The van der Waals surface area contributed by atoms with Crippen molar-refractivity contribution in [2.24, 2.45) is 0 Å². The highest BCUT2D eigenvalue weighted by Gasteiger charge is 2.24. The van der Waals surface area contributed by atoms with Crippen LogP contribution >= 0.6 is 0 Å². The first kappa shape index (κ1) is 24.4. The Bertz CT molecular complexity index is 1460. The Morgan fingerprint density at radius 3 is 2.65 bits per heavy atom. The lowest BCUT2D eigenvalue weighted by Gasteiger charge is -2.26. The van der Waals surface area contributed by atoms with Crippen LogP contribution in [0.1, 0.15) is 53.3 Å². The van der Waals surface area contributed by atoms with Gasteiger partial charge in [-0.05, 0) is 55.7 Å². The highest BCUT2D eigenvalue weighted by molar-refractivity contribution is 5.97. The van der Waals surface area contributed by atoms with E-state index in [-0.39, 0.29) is 24.2 Å². The summed E-state index contributed by atoms with van der Waals surface area (Å²) >= 11 is 0. The number of aryl methyl sites for hydroxylation is 1. The van der Waals surface area contributed by atoms with Crippen LogP contribution in [0.5, 0.6) is 5.75 Å². The van der Waals surface area contributed by atoms with Gasteiger partial charge in [0, 0.05) is 29.5 Å². The van der Waals surface area contributed by atoms with Crippen LogP contribution in [0.4, 0.5) is 4.39 Å². The summed E-state index contributed by atoms with van der Waals surface area (Å²) < 4.78 is 19.4. The molecule has 0 bridgehead atoms. The molecule has 3 aromatic carbocycles. The van der Waals surface area contributed by atoms with Gasteiger partial charge in [0.2, 0.25) is 0 Å². The SMILES string of the molecule is O=C(O)CCCCc1nc2cc(C(=O)N[C@@H]3CCOc4ccc(F)cc43)ccc2nc1-c1ccccc1. The van der Waals surface area contributed by atoms with Gasteiger partial charge in [-0.3, -0.25) is 9.59 Å². The quantitative estimate of drug-likeness (QED) is 0.311. The van der Waals surface area contributed by atoms with Gasteiger partial charge in [0.25, 0.3) is 5.91 Å². The summed E-state index contributed by atoms with van der Waals surface area (Å²) in [5.74, 6) is -0.919. The second kappa shape index (κ2) is 10.7. The van der Waals surface area contributed by atoms with Gasteiger partial charge in [-0.1, -0.05) is 30.3 Å². The summed E-state index contributed by atoms with van der Waals surface area (Å²) in [5, 5.41) is 12.0. The number of benzene rings is 3. The Balaban J connectivity index is 1.43. The van der Waals surface area contributed by atoms with Crippen LogP contribution in [0.15, 0.2) is 66.7 Å². The van der Waals surface area contributed by atoms with Crippen molar-refractivity contribution in [3.63, 3.8) is 0 Å². The molecule has 0 radical (unpaired) electrons. The van der Waals surface area contributed by atoms with Crippen LogP contribution in [0.2, 0.25) is 0 Å². The molecule has 1 atom stereocenters. The molecule has 4 aromatic rings. The smallest absolute Gasteiger partial charge is 0.303 e. The van der Waals surface area contributed by atoms with Crippen LogP contribution in [-0.2, 0) is 11.2 Å². The molecule has 0 fully saturated rings. The molecule has 0 saturated heterocycles. The third kappa shape index (κ3) is 5.58. The molecule has 37 heavy (non-hydrogen) atoms. The van der Waals surface area contributed by atoms with Crippen molar-refractivity contribution in [1.82, 2.24) is 15.3 Å². The van der Waals surface area contributed by atoms with Crippen molar-refractivity contribution in [2.75, 3.05) is 6.61 Å². The van der Waals surface area contributed by atoms with E-state index in [0.717, 1.165) is 17.0 Å². The van der Waals surface area contributed by atoms with Crippen LogP contribution in [-0.4, -0.2) is 33.6 Å².